The third-order valence-corrected chi connectivity index (χ3v) is 3.96. The Labute approximate surface area is 132 Å². The summed E-state index contributed by atoms with van der Waals surface area (Å²) in [6.07, 6.45) is -2.22. The SMILES string of the molecule is CC(C)OP(O)OCC1CC(F)(F)C(n2ccc(N)nc2=N)O1. The third-order valence-electron chi connectivity index (χ3n) is 2.99. The number of alkyl halides is 2. The number of halogens is 2. The monoisotopic (exact) mass is 352 g/mol. The van der Waals surface area contributed by atoms with Gasteiger partial charge in [0.2, 0.25) is 11.8 Å². The molecule has 0 saturated carbocycles. The second-order valence-corrected chi connectivity index (χ2v) is 6.29. The quantitative estimate of drug-likeness (QED) is 0.669. The standard InChI is InChI=1S/C12H19F2N4O4P/c1-7(2)22-23(19)20-6-8-5-12(13,14)10(21-8)18-4-3-9(15)17-11(18)16/h3-4,7-8,10,19H,5-6H2,1-2H3,(H3,15,16,17). The molecular weight excluding hydrogens is 333 g/mol. The molecule has 3 atom stereocenters. The van der Waals surface area contributed by atoms with E-state index >= 15 is 0 Å². The Morgan fingerprint density at radius 3 is 2.96 bits per heavy atom. The predicted molar refractivity (Wildman–Crippen MR) is 77.3 cm³/mol. The Morgan fingerprint density at radius 2 is 2.35 bits per heavy atom. The van der Waals surface area contributed by atoms with E-state index in [9.17, 15) is 13.7 Å². The van der Waals surface area contributed by atoms with Gasteiger partial charge < -0.3 is 24.4 Å². The van der Waals surface area contributed by atoms with Crippen LogP contribution in [0.4, 0.5) is 14.6 Å². The second kappa shape index (κ2) is 7.14. The van der Waals surface area contributed by atoms with Crippen LogP contribution in [0.1, 0.15) is 26.5 Å². The molecule has 4 N–H and O–H groups in total. The van der Waals surface area contributed by atoms with Gasteiger partial charge in [0.1, 0.15) is 5.82 Å². The van der Waals surface area contributed by atoms with Gasteiger partial charge in [0.05, 0.1) is 18.8 Å². The van der Waals surface area contributed by atoms with Crippen molar-refractivity contribution in [3.8, 4) is 0 Å². The van der Waals surface area contributed by atoms with Crippen molar-refractivity contribution >= 4 is 14.4 Å². The zero-order valence-corrected chi connectivity index (χ0v) is 13.5. The fourth-order valence-corrected chi connectivity index (χ4v) is 2.81. The topological polar surface area (TPSA) is 116 Å². The van der Waals surface area contributed by atoms with Crippen LogP contribution in [-0.4, -0.2) is 39.2 Å². The smallest absolute Gasteiger partial charge is 0.330 e. The number of anilines is 1. The second-order valence-electron chi connectivity index (χ2n) is 5.35. The summed E-state index contributed by atoms with van der Waals surface area (Å²) in [5.41, 5.74) is 4.98. The Hall–Kier alpha value is -1.19. The lowest BCUT2D eigenvalue weighted by Gasteiger charge is -2.20. The average molecular weight is 352 g/mol. The van der Waals surface area contributed by atoms with E-state index in [0.717, 1.165) is 4.57 Å². The summed E-state index contributed by atoms with van der Waals surface area (Å²) in [6.45, 7) is 3.19. The highest BCUT2D eigenvalue weighted by Gasteiger charge is 2.51. The summed E-state index contributed by atoms with van der Waals surface area (Å²) in [6, 6.07) is 1.31. The first-order valence-corrected chi connectivity index (χ1v) is 8.03. The van der Waals surface area contributed by atoms with Crippen molar-refractivity contribution in [2.24, 2.45) is 0 Å². The fraction of sp³-hybridized carbons (Fsp3) is 0.667. The Morgan fingerprint density at radius 1 is 1.65 bits per heavy atom. The van der Waals surface area contributed by atoms with Gasteiger partial charge in [-0.3, -0.25) is 9.98 Å². The lowest BCUT2D eigenvalue weighted by Crippen LogP contribution is -2.35. The molecule has 1 aromatic heterocycles. The number of nitrogens with one attached hydrogen (secondary N) is 1. The van der Waals surface area contributed by atoms with Crippen LogP contribution in [0.25, 0.3) is 0 Å². The molecule has 2 rings (SSSR count). The number of hydrogen-bond acceptors (Lipinski definition) is 7. The number of rotatable bonds is 6. The fourth-order valence-electron chi connectivity index (χ4n) is 2.09. The molecule has 0 spiro atoms. The van der Waals surface area contributed by atoms with Crippen LogP contribution in [0.15, 0.2) is 12.3 Å². The largest absolute Gasteiger partial charge is 0.384 e. The Kier molecular flexibility index (Phi) is 5.64. The highest BCUT2D eigenvalue weighted by atomic mass is 31.2. The van der Waals surface area contributed by atoms with Crippen LogP contribution in [0.2, 0.25) is 0 Å². The van der Waals surface area contributed by atoms with E-state index in [0.29, 0.717) is 0 Å². The molecule has 8 nitrogen and oxygen atoms in total. The van der Waals surface area contributed by atoms with Crippen molar-refractivity contribution in [1.82, 2.24) is 9.55 Å². The van der Waals surface area contributed by atoms with Gasteiger partial charge in [-0.2, -0.15) is 4.98 Å². The van der Waals surface area contributed by atoms with Crippen molar-refractivity contribution < 1.29 is 27.5 Å². The van der Waals surface area contributed by atoms with E-state index < -0.39 is 38.9 Å². The third kappa shape index (κ3) is 4.65. The van der Waals surface area contributed by atoms with Crippen LogP contribution in [0.3, 0.4) is 0 Å². The summed E-state index contributed by atoms with van der Waals surface area (Å²) >= 11 is 0. The molecule has 3 unspecified atom stereocenters. The normalized spacial score (nSPS) is 25.0. The molecule has 2 heterocycles. The Bertz CT molecular complexity index is 601. The number of nitrogens with zero attached hydrogens (tertiary/aromatic N) is 2. The summed E-state index contributed by atoms with van der Waals surface area (Å²) in [4.78, 5) is 13.1. The lowest BCUT2D eigenvalue weighted by molar-refractivity contribution is -0.120. The van der Waals surface area contributed by atoms with Gasteiger partial charge in [-0.1, -0.05) is 0 Å². The molecule has 130 valence electrons. The number of hydrogen-bond donors (Lipinski definition) is 3. The molecule has 0 radical (unpaired) electrons. The van der Waals surface area contributed by atoms with Crippen LogP contribution >= 0.6 is 8.60 Å². The van der Waals surface area contributed by atoms with E-state index in [1.807, 2.05) is 0 Å². The van der Waals surface area contributed by atoms with Gasteiger partial charge in [-0.05, 0) is 19.9 Å². The zero-order chi connectivity index (χ0) is 17.2. The molecule has 11 heteroatoms. The van der Waals surface area contributed by atoms with Gasteiger partial charge in [0.15, 0.2) is 0 Å². The highest BCUT2D eigenvalue weighted by molar-refractivity contribution is 7.40. The molecule has 1 aliphatic rings. The minimum Gasteiger partial charge on any atom is -0.384 e. The van der Waals surface area contributed by atoms with E-state index in [-0.39, 0.29) is 18.5 Å². The highest BCUT2D eigenvalue weighted by Crippen LogP contribution is 2.43. The maximum atomic E-state index is 14.1. The van der Waals surface area contributed by atoms with Gasteiger partial charge in [-0.15, -0.1) is 0 Å². The molecule has 1 aliphatic heterocycles. The zero-order valence-electron chi connectivity index (χ0n) is 12.6. The first-order valence-electron chi connectivity index (χ1n) is 6.90. The van der Waals surface area contributed by atoms with Gasteiger partial charge in [0.25, 0.3) is 5.92 Å². The predicted octanol–water partition coefficient (Wildman–Crippen LogP) is 1.53. The van der Waals surface area contributed by atoms with E-state index in [4.69, 9.17) is 24.9 Å². The molecule has 23 heavy (non-hydrogen) atoms. The summed E-state index contributed by atoms with van der Waals surface area (Å²) in [7, 11) is -2.14. The molecule has 0 aliphatic carbocycles. The van der Waals surface area contributed by atoms with Crippen LogP contribution in [0, 0.1) is 5.41 Å². The molecule has 1 fully saturated rings. The van der Waals surface area contributed by atoms with E-state index in [1.165, 1.54) is 12.3 Å². The van der Waals surface area contributed by atoms with E-state index in [2.05, 4.69) is 4.98 Å². The average Bonchev–Trinajstić information content (AvgIpc) is 2.71. The number of aromatic nitrogens is 2. The van der Waals surface area contributed by atoms with Gasteiger partial charge in [0, 0.05) is 12.6 Å². The van der Waals surface area contributed by atoms with Crippen molar-refractivity contribution in [3.63, 3.8) is 0 Å². The molecule has 0 amide bonds. The van der Waals surface area contributed by atoms with Crippen molar-refractivity contribution in [1.29, 1.82) is 5.41 Å². The van der Waals surface area contributed by atoms with Crippen molar-refractivity contribution in [2.45, 2.75) is 44.6 Å². The summed E-state index contributed by atoms with van der Waals surface area (Å²) in [5, 5.41) is 7.64. The molecule has 1 saturated heterocycles. The van der Waals surface area contributed by atoms with Gasteiger partial charge >= 0.3 is 8.60 Å². The summed E-state index contributed by atoms with van der Waals surface area (Å²) < 4.78 is 44.4. The van der Waals surface area contributed by atoms with Crippen LogP contribution in [-0.2, 0) is 13.8 Å². The first kappa shape index (κ1) is 18.2. The molecule has 0 bridgehead atoms. The number of nitrogens with two attached hydrogens (primary N) is 1. The molecule has 0 aromatic carbocycles. The maximum Gasteiger partial charge on any atom is 0.330 e. The summed E-state index contributed by atoms with van der Waals surface area (Å²) in [5.74, 6) is -3.15. The number of nitrogen functional groups attached to an aromatic ring is 1. The first-order chi connectivity index (χ1) is 10.7. The van der Waals surface area contributed by atoms with Gasteiger partial charge in [-0.25, -0.2) is 8.78 Å². The lowest BCUT2D eigenvalue weighted by atomic mass is 10.2. The number of ether oxygens (including phenoxy) is 1. The Balaban J connectivity index is 2.02. The van der Waals surface area contributed by atoms with Crippen LogP contribution < -0.4 is 11.4 Å². The van der Waals surface area contributed by atoms with Crippen molar-refractivity contribution in [3.05, 3.63) is 17.9 Å². The van der Waals surface area contributed by atoms with Crippen LogP contribution in [0.5, 0.6) is 0 Å². The minimum absolute atomic E-state index is 0.0594. The van der Waals surface area contributed by atoms with Crippen molar-refractivity contribution in [2.75, 3.05) is 12.3 Å². The van der Waals surface area contributed by atoms with E-state index in [1.54, 1.807) is 13.8 Å². The minimum atomic E-state index is -3.20. The molecule has 1 aromatic rings. The molecular formula is C12H19F2N4O4P. The maximum absolute atomic E-state index is 14.1.